The van der Waals surface area contributed by atoms with Crippen LogP contribution in [-0.2, 0) is 19.6 Å². The number of fused-ring (bicyclic) bond motifs is 2. The van der Waals surface area contributed by atoms with Crippen LogP contribution in [-0.4, -0.2) is 30.9 Å². The largest absolute Gasteiger partial charge is 0.508 e. The van der Waals surface area contributed by atoms with Crippen LogP contribution in [0.2, 0.25) is 0 Å². The van der Waals surface area contributed by atoms with Gasteiger partial charge in [-0.05, 0) is 47.0 Å². The summed E-state index contributed by atoms with van der Waals surface area (Å²) < 4.78 is 34.7. The lowest BCUT2D eigenvalue weighted by molar-refractivity contribution is -0.141. The van der Waals surface area contributed by atoms with Gasteiger partial charge in [0.15, 0.2) is 0 Å². The molecule has 178 valence electrons. The van der Waals surface area contributed by atoms with Gasteiger partial charge >= 0.3 is 5.97 Å². The van der Waals surface area contributed by atoms with E-state index in [1.807, 2.05) is 55.5 Å². The highest BCUT2D eigenvalue weighted by Gasteiger charge is 2.48. The first kappa shape index (κ1) is 23.1. The Balaban J connectivity index is 1.81. The van der Waals surface area contributed by atoms with Gasteiger partial charge in [-0.1, -0.05) is 72.3 Å². The molecule has 4 aromatic rings. The first-order valence-electron chi connectivity index (χ1n) is 11.3. The summed E-state index contributed by atoms with van der Waals surface area (Å²) in [6, 6.07) is 23.3. The third-order valence-corrected chi connectivity index (χ3v) is 8.50. The van der Waals surface area contributed by atoms with Gasteiger partial charge in [0.2, 0.25) is 10.0 Å². The number of hydrogen-bond donors (Lipinski definition) is 1. The molecule has 4 aromatic carbocycles. The highest BCUT2D eigenvalue weighted by Crippen LogP contribution is 2.52. The number of ether oxygens (including phenoxy) is 1. The van der Waals surface area contributed by atoms with Crippen molar-refractivity contribution in [3.05, 3.63) is 107 Å². The van der Waals surface area contributed by atoms with Gasteiger partial charge < -0.3 is 9.84 Å². The lowest BCUT2D eigenvalue weighted by Crippen LogP contribution is -2.35. The van der Waals surface area contributed by atoms with Crippen molar-refractivity contribution in [2.24, 2.45) is 0 Å². The van der Waals surface area contributed by atoms with E-state index < -0.39 is 28.1 Å². The first-order valence-corrected chi connectivity index (χ1v) is 12.7. The molecule has 1 aliphatic rings. The fourth-order valence-corrected chi connectivity index (χ4v) is 6.69. The van der Waals surface area contributed by atoms with Gasteiger partial charge in [-0.2, -0.15) is 4.31 Å². The molecule has 2 atom stereocenters. The van der Waals surface area contributed by atoms with Gasteiger partial charge in [-0.15, -0.1) is 0 Å². The molecule has 0 bridgehead atoms. The minimum absolute atomic E-state index is 0.00803. The number of sulfonamides is 1. The molecule has 0 saturated heterocycles. The molecule has 1 heterocycles. The molecule has 0 amide bonds. The summed E-state index contributed by atoms with van der Waals surface area (Å²) in [6.45, 7) is 1.89. The van der Waals surface area contributed by atoms with Crippen molar-refractivity contribution in [2.75, 3.05) is 7.11 Å². The number of phenolic OH excluding ortho intramolecular Hbond substituents is 1. The minimum atomic E-state index is -4.09. The Hall–Kier alpha value is -3.68. The molecular formula is C28H25NO5S. The van der Waals surface area contributed by atoms with E-state index >= 15 is 0 Å². The highest BCUT2D eigenvalue weighted by molar-refractivity contribution is 7.89. The molecule has 0 saturated carbocycles. The van der Waals surface area contributed by atoms with Crippen LogP contribution in [0.3, 0.4) is 0 Å². The molecule has 0 radical (unpaired) electrons. The molecule has 0 spiro atoms. The standard InChI is InChI=1S/C28H25NO5S/c1-18-11-14-20(15-12-18)35(32,33)29-24(17-26(31)34-2)22-9-5-6-10-23(22)28(29)27-21-8-4-3-7-19(21)13-16-25(27)30/h3-16,24,28,30H,17H2,1-2H3/t24-,28-/m0/s1. The number of esters is 1. The second-order valence-electron chi connectivity index (χ2n) is 8.70. The number of rotatable bonds is 5. The van der Waals surface area contributed by atoms with Gasteiger partial charge in [-0.25, -0.2) is 8.42 Å². The summed E-state index contributed by atoms with van der Waals surface area (Å²) in [7, 11) is -2.81. The van der Waals surface area contributed by atoms with Crippen LogP contribution in [0.25, 0.3) is 10.8 Å². The minimum Gasteiger partial charge on any atom is -0.508 e. The zero-order chi connectivity index (χ0) is 24.7. The molecule has 0 aromatic heterocycles. The quantitative estimate of drug-likeness (QED) is 0.389. The Morgan fingerprint density at radius 2 is 1.57 bits per heavy atom. The molecule has 0 fully saturated rings. The number of carbonyl (C=O) groups excluding carboxylic acids is 1. The maximum atomic E-state index is 14.2. The Labute approximate surface area is 204 Å². The average Bonchev–Trinajstić information content (AvgIpc) is 3.18. The Bertz CT molecular complexity index is 1530. The van der Waals surface area contributed by atoms with Gasteiger partial charge in [0.05, 0.1) is 30.5 Å². The number of benzene rings is 4. The van der Waals surface area contributed by atoms with Crippen LogP contribution in [0.4, 0.5) is 0 Å². The van der Waals surface area contributed by atoms with Gasteiger partial charge in [0, 0.05) is 5.56 Å². The lowest BCUT2D eigenvalue weighted by atomic mass is 9.92. The first-order chi connectivity index (χ1) is 16.8. The fraction of sp³-hybridized carbons (Fsp3) is 0.179. The summed E-state index contributed by atoms with van der Waals surface area (Å²) in [6.07, 6.45) is -0.152. The predicted octanol–water partition coefficient (Wildman–Crippen LogP) is 5.25. The number of carbonyl (C=O) groups is 1. The van der Waals surface area contributed by atoms with Gasteiger partial charge in [0.1, 0.15) is 5.75 Å². The lowest BCUT2D eigenvalue weighted by Gasteiger charge is -2.31. The van der Waals surface area contributed by atoms with Gasteiger partial charge in [0.25, 0.3) is 0 Å². The molecule has 6 nitrogen and oxygen atoms in total. The van der Waals surface area contributed by atoms with Crippen molar-refractivity contribution in [3.8, 4) is 5.75 Å². The van der Waals surface area contributed by atoms with Crippen LogP contribution in [0, 0.1) is 6.92 Å². The zero-order valence-electron chi connectivity index (χ0n) is 19.4. The molecule has 0 aliphatic carbocycles. The summed E-state index contributed by atoms with van der Waals surface area (Å²) in [4.78, 5) is 12.6. The summed E-state index contributed by atoms with van der Waals surface area (Å²) >= 11 is 0. The van der Waals surface area contributed by atoms with Crippen LogP contribution < -0.4 is 0 Å². The number of phenols is 1. The van der Waals surface area contributed by atoms with Crippen molar-refractivity contribution in [2.45, 2.75) is 30.3 Å². The number of aromatic hydroxyl groups is 1. The smallest absolute Gasteiger partial charge is 0.307 e. The monoisotopic (exact) mass is 487 g/mol. The van der Waals surface area contributed by atoms with Crippen LogP contribution >= 0.6 is 0 Å². The third-order valence-electron chi connectivity index (χ3n) is 6.62. The second-order valence-corrected chi connectivity index (χ2v) is 10.5. The molecule has 0 unspecified atom stereocenters. The fourth-order valence-electron chi connectivity index (χ4n) is 4.95. The number of aryl methyl sites for hydroxylation is 1. The van der Waals surface area contributed by atoms with E-state index in [4.69, 9.17) is 4.74 Å². The van der Waals surface area contributed by atoms with E-state index in [1.165, 1.54) is 11.4 Å². The van der Waals surface area contributed by atoms with E-state index in [2.05, 4.69) is 0 Å². The highest BCUT2D eigenvalue weighted by atomic mass is 32.2. The number of nitrogens with zero attached hydrogens (tertiary/aromatic N) is 1. The maximum Gasteiger partial charge on any atom is 0.307 e. The normalized spacial score (nSPS) is 17.9. The molecular weight excluding hydrogens is 462 g/mol. The maximum absolute atomic E-state index is 14.2. The second kappa shape index (κ2) is 8.83. The van der Waals surface area contributed by atoms with Crippen LogP contribution in [0.5, 0.6) is 5.75 Å². The summed E-state index contributed by atoms with van der Waals surface area (Å²) in [5.41, 5.74) is 2.86. The van der Waals surface area contributed by atoms with Crippen molar-refractivity contribution >= 4 is 26.8 Å². The van der Waals surface area contributed by atoms with E-state index in [-0.39, 0.29) is 17.1 Å². The molecule has 35 heavy (non-hydrogen) atoms. The topological polar surface area (TPSA) is 83.9 Å². The molecule has 1 aliphatic heterocycles. The molecule has 7 heteroatoms. The summed E-state index contributed by atoms with van der Waals surface area (Å²) in [5, 5.41) is 12.7. The zero-order valence-corrected chi connectivity index (χ0v) is 20.2. The van der Waals surface area contributed by atoms with Crippen molar-refractivity contribution in [1.29, 1.82) is 0 Å². The Morgan fingerprint density at radius 3 is 2.29 bits per heavy atom. The molecule has 1 N–H and O–H groups in total. The average molecular weight is 488 g/mol. The van der Waals surface area contributed by atoms with E-state index in [0.29, 0.717) is 11.1 Å². The van der Waals surface area contributed by atoms with Crippen LogP contribution in [0.1, 0.15) is 40.8 Å². The van der Waals surface area contributed by atoms with Gasteiger partial charge in [-0.3, -0.25) is 4.79 Å². The predicted molar refractivity (Wildman–Crippen MR) is 133 cm³/mol. The SMILES string of the molecule is COC(=O)C[C@H]1c2ccccc2[C@@H](c2c(O)ccc3ccccc23)N1S(=O)(=O)c1ccc(C)cc1. The van der Waals surface area contributed by atoms with Crippen molar-refractivity contribution < 1.29 is 23.1 Å². The van der Waals surface area contributed by atoms with E-state index in [0.717, 1.165) is 21.9 Å². The number of hydrogen-bond acceptors (Lipinski definition) is 5. The Morgan fingerprint density at radius 1 is 0.914 bits per heavy atom. The van der Waals surface area contributed by atoms with Crippen molar-refractivity contribution in [1.82, 2.24) is 4.31 Å². The van der Waals surface area contributed by atoms with E-state index in [9.17, 15) is 18.3 Å². The van der Waals surface area contributed by atoms with Crippen molar-refractivity contribution in [3.63, 3.8) is 0 Å². The number of methoxy groups -OCH3 is 1. The molecule has 5 rings (SSSR count). The van der Waals surface area contributed by atoms with Crippen LogP contribution in [0.15, 0.2) is 89.8 Å². The Kier molecular flexibility index (Phi) is 5.83. The van der Waals surface area contributed by atoms with E-state index in [1.54, 1.807) is 36.4 Å². The third kappa shape index (κ3) is 3.87. The summed E-state index contributed by atoms with van der Waals surface area (Å²) in [5.74, 6) is -0.525.